The number of anilines is 2. The molecule has 2 aromatic carbocycles. The summed E-state index contributed by atoms with van der Waals surface area (Å²) in [5.74, 6) is 0.452. The van der Waals surface area contributed by atoms with Crippen molar-refractivity contribution >= 4 is 29.0 Å². The number of rotatable bonds is 5. The molecule has 3 rings (SSSR count). The SMILES string of the molecule is Cc1ccc(C)c(SCC(=O)Nc2ccc(N3CCN(C)CC3)cc2)c1. The summed E-state index contributed by atoms with van der Waals surface area (Å²) < 4.78 is 0. The fourth-order valence-electron chi connectivity index (χ4n) is 3.02. The smallest absolute Gasteiger partial charge is 0.234 e. The summed E-state index contributed by atoms with van der Waals surface area (Å²) in [6.45, 7) is 8.44. The number of aryl methyl sites for hydroxylation is 2. The maximum Gasteiger partial charge on any atom is 0.234 e. The van der Waals surface area contributed by atoms with Crippen LogP contribution >= 0.6 is 11.8 Å². The van der Waals surface area contributed by atoms with Crippen LogP contribution in [0.15, 0.2) is 47.4 Å². The Hall–Kier alpha value is -1.98. The van der Waals surface area contributed by atoms with Gasteiger partial charge in [0.25, 0.3) is 0 Å². The number of carbonyl (C=O) groups excluding carboxylic acids is 1. The molecule has 0 radical (unpaired) electrons. The highest BCUT2D eigenvalue weighted by molar-refractivity contribution is 8.00. The molecule has 1 fully saturated rings. The molecule has 1 N–H and O–H groups in total. The van der Waals surface area contributed by atoms with Crippen LogP contribution in [0, 0.1) is 13.8 Å². The van der Waals surface area contributed by atoms with Crippen molar-refractivity contribution in [3.63, 3.8) is 0 Å². The summed E-state index contributed by atoms with van der Waals surface area (Å²) >= 11 is 1.59. The van der Waals surface area contributed by atoms with E-state index in [0.717, 1.165) is 31.9 Å². The first kappa shape index (κ1) is 18.8. The van der Waals surface area contributed by atoms with E-state index in [1.165, 1.54) is 21.7 Å². The lowest BCUT2D eigenvalue weighted by molar-refractivity contribution is -0.113. The van der Waals surface area contributed by atoms with E-state index >= 15 is 0 Å². The van der Waals surface area contributed by atoms with Crippen LogP contribution in [0.25, 0.3) is 0 Å². The fraction of sp³-hybridized carbons (Fsp3) is 0.381. The van der Waals surface area contributed by atoms with Gasteiger partial charge in [0.2, 0.25) is 5.91 Å². The van der Waals surface area contributed by atoms with Crippen LogP contribution in [0.4, 0.5) is 11.4 Å². The number of thioether (sulfide) groups is 1. The van der Waals surface area contributed by atoms with Gasteiger partial charge >= 0.3 is 0 Å². The molecule has 4 nitrogen and oxygen atoms in total. The molecule has 0 unspecified atom stereocenters. The molecule has 26 heavy (non-hydrogen) atoms. The predicted molar refractivity (Wildman–Crippen MR) is 111 cm³/mol. The summed E-state index contributed by atoms with van der Waals surface area (Å²) in [6, 6.07) is 14.5. The monoisotopic (exact) mass is 369 g/mol. The van der Waals surface area contributed by atoms with Crippen molar-refractivity contribution in [3.8, 4) is 0 Å². The van der Waals surface area contributed by atoms with Crippen molar-refractivity contribution < 1.29 is 4.79 Å². The van der Waals surface area contributed by atoms with Gasteiger partial charge in [-0.3, -0.25) is 4.79 Å². The molecule has 0 saturated carbocycles. The Morgan fingerprint density at radius 1 is 1.04 bits per heavy atom. The number of hydrogen-bond donors (Lipinski definition) is 1. The highest BCUT2D eigenvalue weighted by Crippen LogP contribution is 2.24. The van der Waals surface area contributed by atoms with Crippen LogP contribution in [-0.4, -0.2) is 49.8 Å². The van der Waals surface area contributed by atoms with Crippen LogP contribution in [0.3, 0.4) is 0 Å². The highest BCUT2D eigenvalue weighted by Gasteiger charge is 2.14. The minimum atomic E-state index is 0.0308. The number of carbonyl (C=O) groups is 1. The maximum atomic E-state index is 12.3. The average molecular weight is 370 g/mol. The zero-order chi connectivity index (χ0) is 18.5. The van der Waals surface area contributed by atoms with Crippen molar-refractivity contribution in [3.05, 3.63) is 53.6 Å². The van der Waals surface area contributed by atoms with E-state index in [2.05, 4.69) is 66.3 Å². The lowest BCUT2D eigenvalue weighted by Crippen LogP contribution is -2.44. The van der Waals surface area contributed by atoms with E-state index in [9.17, 15) is 4.79 Å². The summed E-state index contributed by atoms with van der Waals surface area (Å²) in [5.41, 5.74) is 4.51. The third-order valence-electron chi connectivity index (χ3n) is 4.72. The van der Waals surface area contributed by atoms with Gasteiger partial charge in [0.1, 0.15) is 0 Å². The van der Waals surface area contributed by atoms with Crippen molar-refractivity contribution in [1.82, 2.24) is 4.90 Å². The first-order valence-corrected chi connectivity index (χ1v) is 10.0. The van der Waals surface area contributed by atoms with E-state index in [-0.39, 0.29) is 5.91 Å². The van der Waals surface area contributed by atoms with Gasteiger partial charge in [-0.1, -0.05) is 17.7 Å². The third-order valence-corrected chi connectivity index (χ3v) is 5.88. The maximum absolute atomic E-state index is 12.3. The van der Waals surface area contributed by atoms with Gasteiger partial charge in [0.15, 0.2) is 0 Å². The second-order valence-electron chi connectivity index (χ2n) is 6.94. The number of amides is 1. The number of benzene rings is 2. The summed E-state index contributed by atoms with van der Waals surface area (Å²) in [4.78, 5) is 18.2. The second kappa shape index (κ2) is 8.60. The molecular formula is C21H27N3OS. The second-order valence-corrected chi connectivity index (χ2v) is 7.96. The Balaban J connectivity index is 1.52. The lowest BCUT2D eigenvalue weighted by Gasteiger charge is -2.34. The molecule has 0 spiro atoms. The number of hydrogen-bond acceptors (Lipinski definition) is 4. The number of nitrogens with one attached hydrogen (secondary N) is 1. The molecule has 0 aliphatic carbocycles. The normalized spacial score (nSPS) is 15.1. The van der Waals surface area contributed by atoms with E-state index < -0.39 is 0 Å². The van der Waals surface area contributed by atoms with Gasteiger partial charge in [0, 0.05) is 42.4 Å². The largest absolute Gasteiger partial charge is 0.369 e. The Morgan fingerprint density at radius 3 is 2.42 bits per heavy atom. The topological polar surface area (TPSA) is 35.6 Å². The number of piperazine rings is 1. The fourth-order valence-corrected chi connectivity index (χ4v) is 3.95. The molecule has 5 heteroatoms. The van der Waals surface area contributed by atoms with Gasteiger partial charge < -0.3 is 15.1 Å². The molecule has 0 atom stereocenters. The van der Waals surface area contributed by atoms with Crippen molar-refractivity contribution in [2.75, 3.05) is 49.2 Å². The summed E-state index contributed by atoms with van der Waals surface area (Å²) in [7, 11) is 2.16. The average Bonchev–Trinajstić information content (AvgIpc) is 2.64. The van der Waals surface area contributed by atoms with Crippen LogP contribution < -0.4 is 10.2 Å². The molecule has 1 amide bonds. The molecule has 2 aromatic rings. The van der Waals surface area contributed by atoms with Crippen LogP contribution in [0.1, 0.15) is 11.1 Å². The first-order valence-electron chi connectivity index (χ1n) is 9.05. The Morgan fingerprint density at radius 2 is 1.73 bits per heavy atom. The molecule has 1 aliphatic rings. The van der Waals surface area contributed by atoms with Crippen molar-refractivity contribution in [1.29, 1.82) is 0 Å². The van der Waals surface area contributed by atoms with Crippen LogP contribution in [-0.2, 0) is 4.79 Å². The molecular weight excluding hydrogens is 342 g/mol. The zero-order valence-corrected chi connectivity index (χ0v) is 16.6. The summed E-state index contributed by atoms with van der Waals surface area (Å²) in [6.07, 6.45) is 0. The minimum absolute atomic E-state index is 0.0308. The molecule has 1 aliphatic heterocycles. The molecule has 1 saturated heterocycles. The van der Waals surface area contributed by atoms with Gasteiger partial charge in [-0.05, 0) is 56.8 Å². The quantitative estimate of drug-likeness (QED) is 0.814. The van der Waals surface area contributed by atoms with Crippen molar-refractivity contribution in [2.24, 2.45) is 0 Å². The first-order chi connectivity index (χ1) is 12.5. The molecule has 0 bridgehead atoms. The molecule has 1 heterocycles. The standard InChI is InChI=1S/C21H27N3OS/c1-16-4-5-17(2)20(14-16)26-15-21(25)22-18-6-8-19(9-7-18)24-12-10-23(3)11-13-24/h4-9,14H,10-13,15H2,1-3H3,(H,22,25). The Labute approximate surface area is 160 Å². The molecule has 0 aromatic heterocycles. The lowest BCUT2D eigenvalue weighted by atomic mass is 10.2. The summed E-state index contributed by atoms with van der Waals surface area (Å²) in [5, 5.41) is 3.00. The van der Waals surface area contributed by atoms with Gasteiger partial charge in [-0.25, -0.2) is 0 Å². The predicted octanol–water partition coefficient (Wildman–Crippen LogP) is 3.79. The minimum Gasteiger partial charge on any atom is -0.369 e. The third kappa shape index (κ3) is 5.02. The highest BCUT2D eigenvalue weighted by atomic mass is 32.2. The molecule has 138 valence electrons. The van der Waals surface area contributed by atoms with E-state index in [1.54, 1.807) is 11.8 Å². The van der Waals surface area contributed by atoms with Gasteiger partial charge in [-0.2, -0.15) is 0 Å². The zero-order valence-electron chi connectivity index (χ0n) is 15.8. The number of likely N-dealkylation sites (N-methyl/N-ethyl adjacent to an activating group) is 1. The van der Waals surface area contributed by atoms with Gasteiger partial charge in [0.05, 0.1) is 5.75 Å². The van der Waals surface area contributed by atoms with Crippen LogP contribution in [0.2, 0.25) is 0 Å². The van der Waals surface area contributed by atoms with E-state index in [4.69, 9.17) is 0 Å². The van der Waals surface area contributed by atoms with Crippen molar-refractivity contribution in [2.45, 2.75) is 18.7 Å². The Bertz CT molecular complexity index is 752. The van der Waals surface area contributed by atoms with Crippen LogP contribution in [0.5, 0.6) is 0 Å². The number of nitrogens with zero attached hydrogens (tertiary/aromatic N) is 2. The van der Waals surface area contributed by atoms with E-state index in [0.29, 0.717) is 5.75 Å². The Kier molecular flexibility index (Phi) is 6.22. The van der Waals surface area contributed by atoms with Gasteiger partial charge in [-0.15, -0.1) is 11.8 Å². The van der Waals surface area contributed by atoms with E-state index in [1.807, 2.05) is 12.1 Å².